The van der Waals surface area contributed by atoms with Crippen LogP contribution in [-0.2, 0) is 0 Å². The van der Waals surface area contributed by atoms with E-state index in [2.05, 4.69) is 50.0 Å². The molecule has 0 spiro atoms. The Labute approximate surface area is 121 Å². The largest absolute Gasteiger partial charge is 0.372 e. The van der Waals surface area contributed by atoms with Gasteiger partial charge in [0.1, 0.15) is 11.5 Å². The van der Waals surface area contributed by atoms with Gasteiger partial charge in [-0.2, -0.15) is 0 Å². The fourth-order valence-corrected chi connectivity index (χ4v) is 2.62. The van der Waals surface area contributed by atoms with Gasteiger partial charge in [0.2, 0.25) is 0 Å². The SMILES string of the molecule is CNc1nc(-c2cc(C)ccn2)nc(C(C)C)c1Br. The van der Waals surface area contributed by atoms with Gasteiger partial charge < -0.3 is 5.32 Å². The van der Waals surface area contributed by atoms with Crippen LogP contribution in [0.1, 0.15) is 31.0 Å². The molecule has 5 heteroatoms. The van der Waals surface area contributed by atoms with E-state index in [1.807, 2.05) is 26.1 Å². The zero-order chi connectivity index (χ0) is 14.0. The highest BCUT2D eigenvalue weighted by Crippen LogP contribution is 2.30. The summed E-state index contributed by atoms with van der Waals surface area (Å²) in [5.74, 6) is 1.75. The van der Waals surface area contributed by atoms with Crippen molar-refractivity contribution in [1.82, 2.24) is 15.0 Å². The average Bonchev–Trinajstić information content (AvgIpc) is 2.38. The van der Waals surface area contributed by atoms with Gasteiger partial charge in [-0.05, 0) is 46.5 Å². The standard InChI is InChI=1S/C14H17BrN4/c1-8(2)12-11(15)14(16-4)19-13(18-12)10-7-9(3)5-6-17-10/h5-8H,1-4H3,(H,16,18,19). The molecule has 2 aromatic rings. The zero-order valence-corrected chi connectivity index (χ0v) is 13.1. The molecule has 4 nitrogen and oxygen atoms in total. The van der Waals surface area contributed by atoms with Gasteiger partial charge in [0.15, 0.2) is 5.82 Å². The molecular formula is C14H17BrN4. The third-order valence-corrected chi connectivity index (χ3v) is 3.59. The lowest BCUT2D eigenvalue weighted by Crippen LogP contribution is -2.05. The Balaban J connectivity index is 2.61. The minimum Gasteiger partial charge on any atom is -0.372 e. The maximum Gasteiger partial charge on any atom is 0.180 e. The molecule has 0 unspecified atom stereocenters. The maximum absolute atomic E-state index is 4.63. The molecule has 0 aromatic carbocycles. The first kappa shape index (κ1) is 13.9. The number of pyridine rings is 1. The third kappa shape index (κ3) is 2.92. The van der Waals surface area contributed by atoms with Crippen LogP contribution in [0.3, 0.4) is 0 Å². The summed E-state index contributed by atoms with van der Waals surface area (Å²) in [5, 5.41) is 3.09. The van der Waals surface area contributed by atoms with Crippen molar-refractivity contribution in [2.45, 2.75) is 26.7 Å². The van der Waals surface area contributed by atoms with Crippen LogP contribution in [-0.4, -0.2) is 22.0 Å². The van der Waals surface area contributed by atoms with Crippen molar-refractivity contribution >= 4 is 21.7 Å². The highest BCUT2D eigenvalue weighted by atomic mass is 79.9. The summed E-state index contributed by atoms with van der Waals surface area (Å²) in [4.78, 5) is 13.5. The number of nitrogens with zero attached hydrogens (tertiary/aromatic N) is 3. The summed E-state index contributed by atoms with van der Waals surface area (Å²) in [6.07, 6.45) is 1.78. The fourth-order valence-electron chi connectivity index (χ4n) is 1.79. The second-order valence-corrected chi connectivity index (χ2v) is 5.51. The topological polar surface area (TPSA) is 50.7 Å². The lowest BCUT2D eigenvalue weighted by Gasteiger charge is -2.13. The molecule has 0 amide bonds. The minimum atomic E-state index is 0.313. The van der Waals surface area contributed by atoms with Crippen molar-refractivity contribution in [3.05, 3.63) is 34.1 Å². The molecule has 0 saturated heterocycles. The van der Waals surface area contributed by atoms with Crippen LogP contribution in [0.15, 0.2) is 22.8 Å². The van der Waals surface area contributed by atoms with Gasteiger partial charge in [-0.3, -0.25) is 4.98 Å². The van der Waals surface area contributed by atoms with E-state index in [9.17, 15) is 0 Å². The second kappa shape index (κ2) is 5.65. The molecule has 0 bridgehead atoms. The Morgan fingerprint density at radius 2 is 2.00 bits per heavy atom. The monoisotopic (exact) mass is 320 g/mol. The highest BCUT2D eigenvalue weighted by molar-refractivity contribution is 9.10. The van der Waals surface area contributed by atoms with E-state index >= 15 is 0 Å². The number of halogens is 1. The van der Waals surface area contributed by atoms with Crippen molar-refractivity contribution in [3.8, 4) is 11.5 Å². The smallest absolute Gasteiger partial charge is 0.180 e. The van der Waals surface area contributed by atoms with Crippen molar-refractivity contribution in [3.63, 3.8) is 0 Å². The molecule has 0 aliphatic heterocycles. The molecule has 0 fully saturated rings. The fraction of sp³-hybridized carbons (Fsp3) is 0.357. The van der Waals surface area contributed by atoms with Crippen molar-refractivity contribution in [1.29, 1.82) is 0 Å². The van der Waals surface area contributed by atoms with E-state index in [1.165, 1.54) is 0 Å². The summed E-state index contributed by atoms with van der Waals surface area (Å²) in [7, 11) is 1.85. The van der Waals surface area contributed by atoms with E-state index in [0.717, 1.165) is 27.2 Å². The Morgan fingerprint density at radius 1 is 1.26 bits per heavy atom. The molecule has 2 aromatic heterocycles. The van der Waals surface area contributed by atoms with E-state index in [0.29, 0.717) is 11.7 Å². The predicted molar refractivity (Wildman–Crippen MR) is 81.3 cm³/mol. The molecule has 19 heavy (non-hydrogen) atoms. The van der Waals surface area contributed by atoms with Crippen molar-refractivity contribution in [2.24, 2.45) is 0 Å². The second-order valence-electron chi connectivity index (χ2n) is 4.72. The van der Waals surface area contributed by atoms with Crippen LogP contribution in [0.5, 0.6) is 0 Å². The zero-order valence-electron chi connectivity index (χ0n) is 11.5. The highest BCUT2D eigenvalue weighted by Gasteiger charge is 2.15. The number of aryl methyl sites for hydroxylation is 1. The molecule has 0 aliphatic carbocycles. The number of nitrogens with one attached hydrogen (secondary N) is 1. The molecule has 0 aliphatic rings. The number of hydrogen-bond acceptors (Lipinski definition) is 4. The lowest BCUT2D eigenvalue weighted by atomic mass is 10.1. The van der Waals surface area contributed by atoms with Crippen molar-refractivity contribution < 1.29 is 0 Å². The van der Waals surface area contributed by atoms with Gasteiger partial charge in [0.05, 0.1) is 10.2 Å². The van der Waals surface area contributed by atoms with E-state index < -0.39 is 0 Å². The van der Waals surface area contributed by atoms with E-state index in [4.69, 9.17) is 0 Å². The molecule has 100 valence electrons. The first-order valence-electron chi connectivity index (χ1n) is 6.21. The maximum atomic E-state index is 4.63. The van der Waals surface area contributed by atoms with Gasteiger partial charge in [0.25, 0.3) is 0 Å². The molecule has 0 radical (unpaired) electrons. The first-order valence-corrected chi connectivity index (χ1v) is 7.00. The molecular weight excluding hydrogens is 304 g/mol. The number of rotatable bonds is 3. The first-order chi connectivity index (χ1) is 9.02. The Morgan fingerprint density at radius 3 is 2.58 bits per heavy atom. The van der Waals surface area contributed by atoms with Crippen LogP contribution >= 0.6 is 15.9 Å². The quantitative estimate of drug-likeness (QED) is 0.935. The Hall–Kier alpha value is -1.49. The summed E-state index contributed by atoms with van der Waals surface area (Å²) in [6, 6.07) is 3.96. The summed E-state index contributed by atoms with van der Waals surface area (Å²) in [6.45, 7) is 6.26. The van der Waals surface area contributed by atoms with Gasteiger partial charge in [0, 0.05) is 13.2 Å². The Kier molecular flexibility index (Phi) is 4.14. The van der Waals surface area contributed by atoms with Crippen LogP contribution in [0.2, 0.25) is 0 Å². The Bertz CT molecular complexity index is 596. The van der Waals surface area contributed by atoms with Crippen LogP contribution in [0.25, 0.3) is 11.5 Å². The van der Waals surface area contributed by atoms with E-state index in [-0.39, 0.29) is 0 Å². The molecule has 1 N–H and O–H groups in total. The summed E-state index contributed by atoms with van der Waals surface area (Å²) in [5.41, 5.74) is 2.93. The summed E-state index contributed by atoms with van der Waals surface area (Å²) < 4.78 is 0.918. The predicted octanol–water partition coefficient (Wildman–Crippen LogP) is 3.77. The van der Waals surface area contributed by atoms with Gasteiger partial charge in [-0.25, -0.2) is 9.97 Å². The van der Waals surface area contributed by atoms with E-state index in [1.54, 1.807) is 6.20 Å². The molecule has 0 atom stereocenters. The number of anilines is 1. The lowest BCUT2D eigenvalue weighted by molar-refractivity contribution is 0.809. The number of hydrogen-bond donors (Lipinski definition) is 1. The minimum absolute atomic E-state index is 0.313. The average molecular weight is 321 g/mol. The molecule has 0 saturated carbocycles. The van der Waals surface area contributed by atoms with Gasteiger partial charge >= 0.3 is 0 Å². The molecule has 2 rings (SSSR count). The summed E-state index contributed by atoms with van der Waals surface area (Å²) >= 11 is 3.56. The van der Waals surface area contributed by atoms with Crippen LogP contribution in [0.4, 0.5) is 5.82 Å². The van der Waals surface area contributed by atoms with Gasteiger partial charge in [-0.1, -0.05) is 13.8 Å². The third-order valence-electron chi connectivity index (χ3n) is 2.81. The molecule has 2 heterocycles. The normalized spacial score (nSPS) is 10.8. The van der Waals surface area contributed by atoms with Crippen molar-refractivity contribution in [2.75, 3.05) is 12.4 Å². The van der Waals surface area contributed by atoms with Crippen LogP contribution in [0, 0.1) is 6.92 Å². The van der Waals surface area contributed by atoms with Crippen LogP contribution < -0.4 is 5.32 Å². The number of aromatic nitrogens is 3. The van der Waals surface area contributed by atoms with Gasteiger partial charge in [-0.15, -0.1) is 0 Å².